The highest BCUT2D eigenvalue weighted by molar-refractivity contribution is 7.92. The third-order valence-electron chi connectivity index (χ3n) is 6.34. The number of aliphatic hydroxyl groups excluding tert-OH is 1. The maximum atomic E-state index is 12.6. The number of nitrogen functional groups attached to an aromatic ring is 1. The van der Waals surface area contributed by atoms with E-state index in [1.165, 1.54) is 12.1 Å². The number of sulfonamides is 1. The first-order valence-electron chi connectivity index (χ1n) is 12.1. The number of carbonyl (C=O) groups is 1. The molecular formula is C27H32N6O4S. The number of aliphatic hydroxyl groups is 1. The second-order valence-corrected chi connectivity index (χ2v) is 11.4. The predicted molar refractivity (Wildman–Crippen MR) is 147 cm³/mol. The largest absolute Gasteiger partial charge is 0.387 e. The van der Waals surface area contributed by atoms with Gasteiger partial charge in [0.15, 0.2) is 0 Å². The minimum absolute atomic E-state index is 0.168. The van der Waals surface area contributed by atoms with E-state index in [1.807, 2.05) is 24.5 Å². The summed E-state index contributed by atoms with van der Waals surface area (Å²) in [6, 6.07) is 20.1. The number of carbonyl (C=O) groups excluding carboxylic acids is 1. The van der Waals surface area contributed by atoms with Gasteiger partial charge in [-0.2, -0.15) is 0 Å². The van der Waals surface area contributed by atoms with E-state index in [9.17, 15) is 18.3 Å². The van der Waals surface area contributed by atoms with Crippen molar-refractivity contribution in [1.82, 2.24) is 20.3 Å². The van der Waals surface area contributed by atoms with Crippen molar-refractivity contribution in [1.29, 1.82) is 0 Å². The van der Waals surface area contributed by atoms with Crippen LogP contribution in [0, 0.1) is 0 Å². The van der Waals surface area contributed by atoms with E-state index in [4.69, 9.17) is 5.84 Å². The molecule has 4 aromatic rings. The number of nitrogens with one attached hydrogen (secondary N) is 3. The van der Waals surface area contributed by atoms with Gasteiger partial charge in [-0.3, -0.25) is 14.9 Å². The van der Waals surface area contributed by atoms with Crippen molar-refractivity contribution in [2.24, 2.45) is 5.84 Å². The van der Waals surface area contributed by atoms with Crippen LogP contribution in [0.25, 0.3) is 11.0 Å². The molecule has 3 aromatic carbocycles. The van der Waals surface area contributed by atoms with Crippen molar-refractivity contribution in [3.05, 3.63) is 90.3 Å². The minimum Gasteiger partial charge on any atom is -0.387 e. The van der Waals surface area contributed by atoms with Gasteiger partial charge in [0.2, 0.25) is 0 Å². The van der Waals surface area contributed by atoms with Gasteiger partial charge in [-0.25, -0.2) is 19.2 Å². The van der Waals surface area contributed by atoms with Crippen molar-refractivity contribution in [2.45, 2.75) is 43.4 Å². The topological polar surface area (TPSA) is 151 Å². The number of hydrogen-bond acceptors (Lipinski definition) is 7. The Bertz CT molecular complexity index is 1520. The second kappa shape index (κ2) is 11.3. The molecule has 1 atom stereocenters. The molecule has 1 unspecified atom stereocenters. The lowest BCUT2D eigenvalue weighted by atomic mass is 9.99. The number of imidazole rings is 1. The van der Waals surface area contributed by atoms with Crippen molar-refractivity contribution in [3.8, 4) is 0 Å². The van der Waals surface area contributed by atoms with Crippen LogP contribution in [-0.2, 0) is 16.6 Å². The van der Waals surface area contributed by atoms with Gasteiger partial charge in [-0.1, -0.05) is 30.3 Å². The molecular weight excluding hydrogens is 504 g/mol. The molecule has 6 N–H and O–H groups in total. The Kier molecular flexibility index (Phi) is 8.12. The zero-order valence-corrected chi connectivity index (χ0v) is 22.1. The second-order valence-electron chi connectivity index (χ2n) is 9.69. The average molecular weight is 537 g/mol. The number of rotatable bonds is 11. The molecule has 10 nitrogen and oxygen atoms in total. The number of fused-ring (bicyclic) bond motifs is 1. The maximum absolute atomic E-state index is 12.6. The SMILES string of the molecule is CC(C)(CCn1cnc2cc(C(=O)NN)ccc21)NCC(O)c1cccc(NS(=O)(=O)c2ccccc2)c1. The maximum Gasteiger partial charge on any atom is 0.265 e. The van der Waals surface area contributed by atoms with E-state index in [-0.39, 0.29) is 22.9 Å². The highest BCUT2D eigenvalue weighted by Gasteiger charge is 2.21. The molecule has 0 bridgehead atoms. The number of nitrogens with zero attached hydrogens (tertiary/aromatic N) is 2. The van der Waals surface area contributed by atoms with Gasteiger partial charge in [0.1, 0.15) is 0 Å². The highest BCUT2D eigenvalue weighted by atomic mass is 32.2. The van der Waals surface area contributed by atoms with E-state index in [2.05, 4.69) is 20.4 Å². The van der Waals surface area contributed by atoms with E-state index >= 15 is 0 Å². The summed E-state index contributed by atoms with van der Waals surface area (Å²) >= 11 is 0. The highest BCUT2D eigenvalue weighted by Crippen LogP contribution is 2.22. The molecule has 0 fully saturated rings. The Morgan fingerprint density at radius 3 is 2.58 bits per heavy atom. The first-order valence-corrected chi connectivity index (χ1v) is 13.6. The van der Waals surface area contributed by atoms with Gasteiger partial charge in [-0.05, 0) is 68.3 Å². The van der Waals surface area contributed by atoms with Crippen molar-refractivity contribution in [2.75, 3.05) is 11.3 Å². The van der Waals surface area contributed by atoms with Crippen molar-refractivity contribution < 1.29 is 18.3 Å². The Morgan fingerprint density at radius 2 is 1.84 bits per heavy atom. The summed E-state index contributed by atoms with van der Waals surface area (Å²) in [5.74, 6) is 4.84. The fraction of sp³-hybridized carbons (Fsp3) is 0.259. The number of hydrazine groups is 1. The summed E-state index contributed by atoms with van der Waals surface area (Å²) in [5.41, 5.74) is 4.83. The van der Waals surface area contributed by atoms with Crippen molar-refractivity contribution in [3.63, 3.8) is 0 Å². The quantitative estimate of drug-likeness (QED) is 0.112. The fourth-order valence-corrected chi connectivity index (χ4v) is 5.14. The number of β-amino-alcohol motifs (C(OH)–C–C–N with tert-alkyl or cyclic N) is 1. The zero-order valence-electron chi connectivity index (χ0n) is 21.3. The van der Waals surface area contributed by atoms with Crippen LogP contribution in [0.4, 0.5) is 5.69 Å². The molecule has 200 valence electrons. The van der Waals surface area contributed by atoms with E-state index in [0.29, 0.717) is 28.9 Å². The lowest BCUT2D eigenvalue weighted by molar-refractivity contribution is 0.0953. The summed E-state index contributed by atoms with van der Waals surface area (Å²) in [7, 11) is -3.72. The summed E-state index contributed by atoms with van der Waals surface area (Å²) < 4.78 is 29.9. The molecule has 0 aliphatic rings. The first-order chi connectivity index (χ1) is 18.1. The monoisotopic (exact) mass is 536 g/mol. The molecule has 1 aromatic heterocycles. The number of aromatic nitrogens is 2. The third kappa shape index (κ3) is 6.56. The third-order valence-corrected chi connectivity index (χ3v) is 7.74. The van der Waals surface area contributed by atoms with Gasteiger partial charge < -0.3 is 15.0 Å². The molecule has 1 amide bonds. The zero-order chi connectivity index (χ0) is 27.3. The minimum atomic E-state index is -3.72. The van der Waals surface area contributed by atoms with Crippen LogP contribution in [0.2, 0.25) is 0 Å². The Balaban J connectivity index is 1.35. The van der Waals surface area contributed by atoms with Gasteiger partial charge in [0, 0.05) is 29.9 Å². The normalized spacial score (nSPS) is 12.8. The molecule has 38 heavy (non-hydrogen) atoms. The van der Waals surface area contributed by atoms with Crippen LogP contribution < -0.4 is 21.3 Å². The fourth-order valence-electron chi connectivity index (χ4n) is 4.07. The number of aryl methyl sites for hydroxylation is 1. The smallest absolute Gasteiger partial charge is 0.265 e. The Hall–Kier alpha value is -3.77. The summed E-state index contributed by atoms with van der Waals surface area (Å²) in [4.78, 5) is 16.3. The lowest BCUT2D eigenvalue weighted by Gasteiger charge is -2.28. The summed E-state index contributed by atoms with van der Waals surface area (Å²) in [5, 5.41) is 14.2. The molecule has 0 aliphatic heterocycles. The van der Waals surface area contributed by atoms with Gasteiger partial charge in [0.25, 0.3) is 15.9 Å². The summed E-state index contributed by atoms with van der Waals surface area (Å²) in [6.45, 7) is 5.05. The molecule has 0 radical (unpaired) electrons. The number of hydrogen-bond donors (Lipinski definition) is 5. The molecule has 0 spiro atoms. The predicted octanol–water partition coefficient (Wildman–Crippen LogP) is 2.93. The van der Waals surface area contributed by atoms with Gasteiger partial charge in [-0.15, -0.1) is 0 Å². The van der Waals surface area contributed by atoms with Crippen molar-refractivity contribution >= 4 is 32.7 Å². The van der Waals surface area contributed by atoms with Crippen LogP contribution in [0.3, 0.4) is 0 Å². The summed E-state index contributed by atoms with van der Waals surface area (Å²) in [6.07, 6.45) is 1.64. The Morgan fingerprint density at radius 1 is 1.08 bits per heavy atom. The number of nitrogens with two attached hydrogens (primary N) is 1. The molecule has 4 rings (SSSR count). The van der Waals surface area contributed by atoms with E-state index in [1.54, 1.807) is 60.9 Å². The molecule has 11 heteroatoms. The van der Waals surface area contributed by atoms with E-state index in [0.717, 1.165) is 11.9 Å². The standard InChI is InChI=1S/C27H32N6O4S/c1-27(2,13-14-33-18-29-23-16-20(26(35)31-28)11-12-24(23)33)30-17-25(34)19-7-6-8-21(15-19)32-38(36,37)22-9-4-3-5-10-22/h3-12,15-16,18,25,30,32,34H,13-14,17,28H2,1-2H3,(H,31,35). The lowest BCUT2D eigenvalue weighted by Crippen LogP contribution is -2.42. The van der Waals surface area contributed by atoms with Crippen LogP contribution in [0.1, 0.15) is 42.3 Å². The number of benzene rings is 3. The number of anilines is 1. The van der Waals surface area contributed by atoms with Crippen LogP contribution in [-0.4, -0.2) is 41.1 Å². The first kappa shape index (κ1) is 27.3. The molecule has 1 heterocycles. The van der Waals surface area contributed by atoms with Crippen LogP contribution in [0.15, 0.2) is 84.0 Å². The molecule has 0 saturated carbocycles. The molecule has 0 saturated heterocycles. The van der Waals surface area contributed by atoms with E-state index < -0.39 is 16.1 Å². The number of amides is 1. The van der Waals surface area contributed by atoms with Crippen LogP contribution >= 0.6 is 0 Å². The van der Waals surface area contributed by atoms with Gasteiger partial charge in [0.05, 0.1) is 28.4 Å². The molecule has 0 aliphatic carbocycles. The van der Waals surface area contributed by atoms with Gasteiger partial charge >= 0.3 is 0 Å². The Labute approximate surface area is 221 Å². The average Bonchev–Trinajstić information content (AvgIpc) is 3.33. The van der Waals surface area contributed by atoms with Crippen LogP contribution in [0.5, 0.6) is 0 Å².